The molecule has 1 fully saturated rings. The number of Topliss-reactive ketones (excluding diaryl/α,β-unsaturated/α-hetero) is 1. The van der Waals surface area contributed by atoms with E-state index < -0.39 is 17.7 Å². The molecule has 0 radical (unpaired) electrons. The van der Waals surface area contributed by atoms with Crippen LogP contribution in [0.2, 0.25) is 5.02 Å². The van der Waals surface area contributed by atoms with Gasteiger partial charge >= 0.3 is 0 Å². The van der Waals surface area contributed by atoms with E-state index in [1.165, 1.54) is 0 Å². The van der Waals surface area contributed by atoms with Gasteiger partial charge in [0.1, 0.15) is 11.5 Å². The second-order valence-corrected chi connectivity index (χ2v) is 8.96. The van der Waals surface area contributed by atoms with Crippen molar-refractivity contribution in [1.82, 2.24) is 9.80 Å². The van der Waals surface area contributed by atoms with Crippen molar-refractivity contribution in [2.75, 3.05) is 33.8 Å². The Kier molecular flexibility index (Phi) is 8.16. The van der Waals surface area contributed by atoms with Crippen LogP contribution in [0.15, 0.2) is 48.0 Å². The number of amides is 1. The lowest BCUT2D eigenvalue weighted by Gasteiger charge is -2.26. The SMILES string of the molecule is CCCOc1ccc(C(O)=C2C(=O)C(=O)N(CCCN(C)C)C2c2ccc(Cl)cc2)c(C)c1. The molecule has 0 bridgehead atoms. The molecule has 0 aromatic heterocycles. The summed E-state index contributed by atoms with van der Waals surface area (Å²) in [7, 11) is 3.92. The number of halogens is 1. The molecule has 0 aliphatic carbocycles. The Morgan fingerprint density at radius 3 is 2.45 bits per heavy atom. The van der Waals surface area contributed by atoms with Crippen molar-refractivity contribution in [3.8, 4) is 5.75 Å². The molecule has 1 amide bonds. The molecule has 3 rings (SSSR count). The van der Waals surface area contributed by atoms with Crippen molar-refractivity contribution in [2.45, 2.75) is 32.7 Å². The van der Waals surface area contributed by atoms with E-state index in [4.69, 9.17) is 16.3 Å². The molecular formula is C26H31ClN2O4. The van der Waals surface area contributed by atoms with Crippen LogP contribution in [0.3, 0.4) is 0 Å². The average molecular weight is 471 g/mol. The summed E-state index contributed by atoms with van der Waals surface area (Å²) in [6, 6.07) is 11.7. The largest absolute Gasteiger partial charge is 0.507 e. The highest BCUT2D eigenvalue weighted by Gasteiger charge is 2.45. The second-order valence-electron chi connectivity index (χ2n) is 8.53. The van der Waals surface area contributed by atoms with E-state index in [1.807, 2.05) is 38.9 Å². The third-order valence-corrected chi connectivity index (χ3v) is 5.91. The van der Waals surface area contributed by atoms with Crippen LogP contribution in [-0.2, 0) is 9.59 Å². The van der Waals surface area contributed by atoms with Crippen molar-refractivity contribution in [2.24, 2.45) is 0 Å². The van der Waals surface area contributed by atoms with Crippen LogP contribution in [0.25, 0.3) is 5.76 Å². The zero-order chi connectivity index (χ0) is 24.1. The monoisotopic (exact) mass is 470 g/mol. The molecule has 1 unspecified atom stereocenters. The first-order valence-electron chi connectivity index (χ1n) is 11.2. The molecule has 1 heterocycles. The molecule has 1 N–H and O–H groups in total. The van der Waals surface area contributed by atoms with Crippen molar-refractivity contribution in [3.63, 3.8) is 0 Å². The van der Waals surface area contributed by atoms with Crippen molar-refractivity contribution in [3.05, 3.63) is 69.8 Å². The smallest absolute Gasteiger partial charge is 0.295 e. The maximum Gasteiger partial charge on any atom is 0.295 e. The molecule has 1 aliphatic rings. The Labute approximate surface area is 200 Å². The van der Waals surface area contributed by atoms with Gasteiger partial charge in [0, 0.05) is 17.1 Å². The number of nitrogens with zero attached hydrogens (tertiary/aromatic N) is 2. The number of aryl methyl sites for hydroxylation is 1. The summed E-state index contributed by atoms with van der Waals surface area (Å²) in [6.45, 7) is 5.64. The Hall–Kier alpha value is -2.83. The Morgan fingerprint density at radius 2 is 1.85 bits per heavy atom. The van der Waals surface area contributed by atoms with Gasteiger partial charge in [-0.2, -0.15) is 0 Å². The molecule has 0 saturated carbocycles. The first-order valence-corrected chi connectivity index (χ1v) is 11.5. The number of carbonyl (C=O) groups is 2. The zero-order valence-electron chi connectivity index (χ0n) is 19.6. The van der Waals surface area contributed by atoms with E-state index in [0.29, 0.717) is 35.9 Å². The van der Waals surface area contributed by atoms with Gasteiger partial charge in [0.25, 0.3) is 11.7 Å². The molecule has 1 aliphatic heterocycles. The van der Waals surface area contributed by atoms with Crippen LogP contribution in [-0.4, -0.2) is 60.4 Å². The van der Waals surface area contributed by atoms with Crippen LogP contribution in [0.5, 0.6) is 5.75 Å². The minimum Gasteiger partial charge on any atom is -0.507 e. The van der Waals surface area contributed by atoms with Crippen LogP contribution in [0, 0.1) is 6.92 Å². The quantitative estimate of drug-likeness (QED) is 0.323. The fourth-order valence-corrected chi connectivity index (χ4v) is 4.14. The van der Waals surface area contributed by atoms with E-state index in [2.05, 4.69) is 0 Å². The van der Waals surface area contributed by atoms with E-state index in [1.54, 1.807) is 41.3 Å². The van der Waals surface area contributed by atoms with E-state index in [9.17, 15) is 14.7 Å². The first kappa shape index (κ1) is 24.8. The number of ketones is 1. The standard InChI is InChI=1S/C26H31ClN2O4/c1-5-15-33-20-11-12-21(17(2)16-20)24(30)22-23(18-7-9-19(27)10-8-18)29(26(32)25(22)31)14-6-13-28(3)4/h7-12,16,23,30H,5-6,13-15H2,1-4H3. The van der Waals surface area contributed by atoms with Gasteiger partial charge in [0.15, 0.2) is 0 Å². The van der Waals surface area contributed by atoms with Gasteiger partial charge in [-0.3, -0.25) is 9.59 Å². The number of benzene rings is 2. The lowest BCUT2D eigenvalue weighted by Crippen LogP contribution is -2.32. The normalized spacial score (nSPS) is 17.8. The maximum absolute atomic E-state index is 13.1. The number of likely N-dealkylation sites (tertiary alicyclic amines) is 1. The summed E-state index contributed by atoms with van der Waals surface area (Å²) < 4.78 is 5.67. The van der Waals surface area contributed by atoms with Crippen LogP contribution < -0.4 is 4.74 Å². The first-order chi connectivity index (χ1) is 15.7. The topological polar surface area (TPSA) is 70.1 Å². The molecule has 2 aromatic rings. The van der Waals surface area contributed by atoms with Crippen LogP contribution in [0.4, 0.5) is 0 Å². The van der Waals surface area contributed by atoms with Gasteiger partial charge in [0.05, 0.1) is 18.2 Å². The number of rotatable bonds is 9. The number of carbonyl (C=O) groups excluding carboxylic acids is 2. The van der Waals surface area contributed by atoms with Gasteiger partial charge < -0.3 is 19.6 Å². The van der Waals surface area contributed by atoms with E-state index in [0.717, 1.165) is 24.1 Å². The van der Waals surface area contributed by atoms with Gasteiger partial charge in [-0.15, -0.1) is 0 Å². The molecule has 1 atom stereocenters. The number of aliphatic hydroxyl groups excluding tert-OH is 1. The summed E-state index contributed by atoms with van der Waals surface area (Å²) in [6.07, 6.45) is 1.59. The summed E-state index contributed by atoms with van der Waals surface area (Å²) in [5.41, 5.74) is 2.09. The Balaban J connectivity index is 2.06. The second kappa shape index (κ2) is 10.9. The Morgan fingerprint density at radius 1 is 1.15 bits per heavy atom. The highest BCUT2D eigenvalue weighted by Crippen LogP contribution is 2.40. The lowest BCUT2D eigenvalue weighted by atomic mass is 9.94. The van der Waals surface area contributed by atoms with Gasteiger partial charge in [-0.25, -0.2) is 0 Å². The molecule has 176 valence electrons. The number of hydrogen-bond acceptors (Lipinski definition) is 5. The average Bonchev–Trinajstić information content (AvgIpc) is 3.02. The van der Waals surface area contributed by atoms with Gasteiger partial charge in [0.2, 0.25) is 0 Å². The minimum atomic E-state index is -0.681. The summed E-state index contributed by atoms with van der Waals surface area (Å²) in [4.78, 5) is 29.7. The summed E-state index contributed by atoms with van der Waals surface area (Å²) >= 11 is 6.07. The van der Waals surface area contributed by atoms with E-state index >= 15 is 0 Å². The third kappa shape index (κ3) is 5.57. The van der Waals surface area contributed by atoms with Crippen molar-refractivity contribution < 1.29 is 19.4 Å². The number of ether oxygens (including phenoxy) is 1. The number of aliphatic hydroxyl groups is 1. The molecule has 6 nitrogen and oxygen atoms in total. The highest BCUT2D eigenvalue weighted by atomic mass is 35.5. The fourth-order valence-electron chi connectivity index (χ4n) is 4.02. The van der Waals surface area contributed by atoms with Crippen molar-refractivity contribution in [1.29, 1.82) is 0 Å². The lowest BCUT2D eigenvalue weighted by molar-refractivity contribution is -0.139. The molecule has 1 saturated heterocycles. The third-order valence-electron chi connectivity index (χ3n) is 5.66. The Bertz CT molecular complexity index is 1050. The summed E-state index contributed by atoms with van der Waals surface area (Å²) in [5.74, 6) is -0.758. The predicted molar refractivity (Wildman–Crippen MR) is 131 cm³/mol. The molecule has 7 heteroatoms. The number of hydrogen-bond donors (Lipinski definition) is 1. The maximum atomic E-state index is 13.1. The molecule has 0 spiro atoms. The highest BCUT2D eigenvalue weighted by molar-refractivity contribution is 6.46. The molecule has 33 heavy (non-hydrogen) atoms. The minimum absolute atomic E-state index is 0.0949. The fraction of sp³-hybridized carbons (Fsp3) is 0.385. The van der Waals surface area contributed by atoms with E-state index in [-0.39, 0.29) is 11.3 Å². The molecular weight excluding hydrogens is 440 g/mol. The molecule has 2 aromatic carbocycles. The predicted octanol–water partition coefficient (Wildman–Crippen LogP) is 4.81. The van der Waals surface area contributed by atoms with Gasteiger partial charge in [-0.1, -0.05) is 30.7 Å². The van der Waals surface area contributed by atoms with Crippen LogP contribution >= 0.6 is 11.6 Å². The van der Waals surface area contributed by atoms with Crippen LogP contribution in [0.1, 0.15) is 42.5 Å². The van der Waals surface area contributed by atoms with Gasteiger partial charge in [-0.05, 0) is 81.9 Å². The van der Waals surface area contributed by atoms with Crippen molar-refractivity contribution >= 4 is 29.1 Å². The summed E-state index contributed by atoms with van der Waals surface area (Å²) in [5, 5.41) is 11.8. The zero-order valence-corrected chi connectivity index (χ0v) is 20.4.